The summed E-state index contributed by atoms with van der Waals surface area (Å²) in [6.07, 6.45) is -1.32. The van der Waals surface area contributed by atoms with Gasteiger partial charge in [-0.2, -0.15) is 0 Å². The van der Waals surface area contributed by atoms with Crippen LogP contribution < -0.4 is 10.6 Å². The molecule has 6 nitrogen and oxygen atoms in total. The number of anilines is 1. The van der Waals surface area contributed by atoms with Crippen LogP contribution in [0.5, 0.6) is 0 Å². The van der Waals surface area contributed by atoms with E-state index < -0.39 is 47.8 Å². The number of benzene rings is 2. The number of hydrogen-bond donors (Lipinski definition) is 2. The van der Waals surface area contributed by atoms with E-state index in [1.54, 1.807) is 12.1 Å². The first kappa shape index (κ1) is 21.0. The molecule has 28 heavy (non-hydrogen) atoms. The molecule has 0 saturated heterocycles. The smallest absolute Gasteiger partial charge is 0.326 e. The summed E-state index contributed by atoms with van der Waals surface area (Å²) >= 11 is 0. The molecule has 8 heteroatoms. The Morgan fingerprint density at radius 3 is 2.18 bits per heavy atom. The normalized spacial score (nSPS) is 11.5. The Labute approximate surface area is 160 Å². The van der Waals surface area contributed by atoms with Crippen molar-refractivity contribution in [2.45, 2.75) is 26.9 Å². The van der Waals surface area contributed by atoms with E-state index in [1.807, 2.05) is 25.2 Å². The maximum absolute atomic E-state index is 13.6. The van der Waals surface area contributed by atoms with Crippen molar-refractivity contribution in [3.8, 4) is 0 Å². The van der Waals surface area contributed by atoms with Crippen LogP contribution in [0.2, 0.25) is 0 Å². The van der Waals surface area contributed by atoms with Gasteiger partial charge >= 0.3 is 5.97 Å². The SMILES string of the molecule is Cc1cc(C)cc(C(=O)NCC(=O)OC(C)C(=O)Nc2c(F)cccc2F)c1. The predicted octanol–water partition coefficient (Wildman–Crippen LogP) is 2.88. The summed E-state index contributed by atoms with van der Waals surface area (Å²) in [5.41, 5.74) is 1.57. The van der Waals surface area contributed by atoms with E-state index >= 15 is 0 Å². The average Bonchev–Trinajstić information content (AvgIpc) is 2.61. The van der Waals surface area contributed by atoms with Gasteiger partial charge in [-0.05, 0) is 45.0 Å². The Bertz CT molecular complexity index is 875. The first-order chi connectivity index (χ1) is 13.2. The van der Waals surface area contributed by atoms with E-state index in [0.29, 0.717) is 5.56 Å². The molecule has 0 aliphatic heterocycles. The third kappa shape index (κ3) is 5.60. The Balaban J connectivity index is 1.88. The highest BCUT2D eigenvalue weighted by Gasteiger charge is 2.21. The fourth-order valence-electron chi connectivity index (χ4n) is 2.49. The van der Waals surface area contributed by atoms with Gasteiger partial charge in [0, 0.05) is 5.56 Å². The number of carbonyl (C=O) groups is 3. The number of aryl methyl sites for hydroxylation is 2. The molecule has 148 valence electrons. The highest BCUT2D eigenvalue weighted by Crippen LogP contribution is 2.18. The second-order valence-corrected chi connectivity index (χ2v) is 6.28. The lowest BCUT2D eigenvalue weighted by Crippen LogP contribution is -2.36. The molecule has 1 atom stereocenters. The topological polar surface area (TPSA) is 84.5 Å². The zero-order valence-corrected chi connectivity index (χ0v) is 15.6. The molecule has 2 aromatic carbocycles. The van der Waals surface area contributed by atoms with Gasteiger partial charge in [0.15, 0.2) is 6.10 Å². The van der Waals surface area contributed by atoms with Crippen LogP contribution in [0.25, 0.3) is 0 Å². The molecule has 2 rings (SSSR count). The second kappa shape index (κ2) is 9.07. The minimum Gasteiger partial charge on any atom is -0.451 e. The number of ether oxygens (including phenoxy) is 1. The van der Waals surface area contributed by atoms with Gasteiger partial charge in [0.25, 0.3) is 11.8 Å². The van der Waals surface area contributed by atoms with Gasteiger partial charge < -0.3 is 15.4 Å². The molecule has 0 heterocycles. The summed E-state index contributed by atoms with van der Waals surface area (Å²) < 4.78 is 32.0. The van der Waals surface area contributed by atoms with Crippen molar-refractivity contribution in [3.05, 3.63) is 64.7 Å². The van der Waals surface area contributed by atoms with Gasteiger partial charge in [0.2, 0.25) is 0 Å². The molecular formula is C20H20F2N2O4. The van der Waals surface area contributed by atoms with Crippen molar-refractivity contribution in [2.75, 3.05) is 11.9 Å². The predicted molar refractivity (Wildman–Crippen MR) is 98.8 cm³/mol. The maximum atomic E-state index is 13.6. The van der Waals surface area contributed by atoms with Crippen LogP contribution in [0.4, 0.5) is 14.5 Å². The van der Waals surface area contributed by atoms with E-state index in [0.717, 1.165) is 29.3 Å². The third-order valence-corrected chi connectivity index (χ3v) is 3.77. The van der Waals surface area contributed by atoms with Gasteiger partial charge in [-0.3, -0.25) is 14.4 Å². The van der Waals surface area contributed by atoms with Gasteiger partial charge in [-0.1, -0.05) is 23.3 Å². The van der Waals surface area contributed by atoms with Gasteiger partial charge in [-0.25, -0.2) is 8.78 Å². The maximum Gasteiger partial charge on any atom is 0.326 e. The lowest BCUT2D eigenvalue weighted by Gasteiger charge is -2.14. The molecule has 1 unspecified atom stereocenters. The number of hydrogen-bond acceptors (Lipinski definition) is 4. The summed E-state index contributed by atoms with van der Waals surface area (Å²) in [5, 5.41) is 4.43. The first-order valence-corrected chi connectivity index (χ1v) is 8.48. The highest BCUT2D eigenvalue weighted by molar-refractivity contribution is 5.97. The lowest BCUT2D eigenvalue weighted by molar-refractivity contribution is -0.152. The molecule has 0 radical (unpaired) electrons. The van der Waals surface area contributed by atoms with Crippen molar-refractivity contribution in [1.29, 1.82) is 0 Å². The van der Waals surface area contributed by atoms with Crippen LogP contribution in [0, 0.1) is 25.5 Å². The largest absolute Gasteiger partial charge is 0.451 e. The molecule has 0 aliphatic rings. The van der Waals surface area contributed by atoms with E-state index in [2.05, 4.69) is 5.32 Å². The molecule has 2 aromatic rings. The fraction of sp³-hybridized carbons (Fsp3) is 0.250. The van der Waals surface area contributed by atoms with E-state index in [9.17, 15) is 23.2 Å². The highest BCUT2D eigenvalue weighted by atomic mass is 19.1. The molecule has 0 aromatic heterocycles. The first-order valence-electron chi connectivity index (χ1n) is 8.48. The molecule has 2 amide bonds. The number of para-hydroxylation sites is 1. The van der Waals surface area contributed by atoms with Gasteiger partial charge in [0.1, 0.15) is 23.9 Å². The van der Waals surface area contributed by atoms with Crippen LogP contribution >= 0.6 is 0 Å². The standard InChI is InChI=1S/C20H20F2N2O4/c1-11-7-12(2)9-14(8-11)20(27)23-10-17(25)28-13(3)19(26)24-18-15(21)5-4-6-16(18)22/h4-9,13H,10H2,1-3H3,(H,23,27)(H,24,26). The van der Waals surface area contributed by atoms with Gasteiger partial charge in [-0.15, -0.1) is 0 Å². The number of halogens is 2. The van der Waals surface area contributed by atoms with Crippen LogP contribution in [-0.4, -0.2) is 30.4 Å². The fourth-order valence-corrected chi connectivity index (χ4v) is 2.49. The lowest BCUT2D eigenvalue weighted by atomic mass is 10.1. The Morgan fingerprint density at radius 1 is 1.04 bits per heavy atom. The van der Waals surface area contributed by atoms with Gasteiger partial charge in [0.05, 0.1) is 0 Å². The Morgan fingerprint density at radius 2 is 1.61 bits per heavy atom. The van der Waals surface area contributed by atoms with E-state index in [-0.39, 0.29) is 0 Å². The van der Waals surface area contributed by atoms with Crippen molar-refractivity contribution >= 4 is 23.5 Å². The molecular weight excluding hydrogens is 370 g/mol. The zero-order chi connectivity index (χ0) is 20.8. The number of nitrogens with one attached hydrogen (secondary N) is 2. The van der Waals surface area contributed by atoms with E-state index in [1.165, 1.54) is 6.92 Å². The Hall–Kier alpha value is -3.29. The minimum atomic E-state index is -1.32. The van der Waals surface area contributed by atoms with Crippen LogP contribution in [0.1, 0.15) is 28.4 Å². The molecule has 2 N–H and O–H groups in total. The quantitative estimate of drug-likeness (QED) is 0.743. The zero-order valence-electron chi connectivity index (χ0n) is 15.6. The summed E-state index contributed by atoms with van der Waals surface area (Å²) in [6.45, 7) is 4.47. The number of carbonyl (C=O) groups excluding carboxylic acids is 3. The number of amides is 2. The van der Waals surface area contributed by atoms with Crippen LogP contribution in [0.3, 0.4) is 0 Å². The van der Waals surface area contributed by atoms with Crippen molar-refractivity contribution in [3.63, 3.8) is 0 Å². The summed E-state index contributed by atoms with van der Waals surface area (Å²) in [4.78, 5) is 35.9. The second-order valence-electron chi connectivity index (χ2n) is 6.28. The molecule has 0 bridgehead atoms. The van der Waals surface area contributed by atoms with E-state index in [4.69, 9.17) is 4.74 Å². The summed E-state index contributed by atoms with van der Waals surface area (Å²) in [5.74, 6) is -4.14. The molecule has 0 spiro atoms. The monoisotopic (exact) mass is 390 g/mol. The van der Waals surface area contributed by atoms with Crippen molar-refractivity contribution in [1.82, 2.24) is 5.32 Å². The van der Waals surface area contributed by atoms with Crippen LogP contribution in [-0.2, 0) is 14.3 Å². The number of rotatable bonds is 6. The minimum absolute atomic E-state index is 0.395. The molecule has 0 fully saturated rings. The van der Waals surface area contributed by atoms with Crippen LogP contribution in [0.15, 0.2) is 36.4 Å². The molecule has 0 saturated carbocycles. The summed E-state index contributed by atoms with van der Waals surface area (Å²) in [7, 11) is 0. The third-order valence-electron chi connectivity index (χ3n) is 3.77. The average molecular weight is 390 g/mol. The van der Waals surface area contributed by atoms with Crippen molar-refractivity contribution < 1.29 is 27.9 Å². The summed E-state index contributed by atoms with van der Waals surface area (Å²) in [6, 6.07) is 8.38. The van der Waals surface area contributed by atoms with Crippen molar-refractivity contribution in [2.24, 2.45) is 0 Å². The molecule has 0 aliphatic carbocycles. The Kier molecular flexibility index (Phi) is 6.81. The number of esters is 1.